The zero-order valence-electron chi connectivity index (χ0n) is 22.9. The maximum Gasteiger partial charge on any atom is 0.407 e. The van der Waals surface area contributed by atoms with Crippen molar-refractivity contribution in [2.45, 2.75) is 57.2 Å². The van der Waals surface area contributed by atoms with Gasteiger partial charge in [0.15, 0.2) is 5.16 Å². The number of aromatic nitrogens is 2. The van der Waals surface area contributed by atoms with Gasteiger partial charge in [0.25, 0.3) is 0 Å². The van der Waals surface area contributed by atoms with Crippen molar-refractivity contribution < 1.29 is 19.1 Å². The number of esters is 1. The van der Waals surface area contributed by atoms with Crippen LogP contribution in [-0.4, -0.2) is 40.4 Å². The van der Waals surface area contributed by atoms with Crippen LogP contribution in [0.4, 0.5) is 4.79 Å². The Morgan fingerprint density at radius 2 is 1.69 bits per heavy atom. The lowest BCUT2D eigenvalue weighted by Gasteiger charge is -2.19. The lowest BCUT2D eigenvalue weighted by molar-refractivity contribution is 0.0516. The Hall–Kier alpha value is -3.78. The van der Waals surface area contributed by atoms with Gasteiger partial charge in [-0.05, 0) is 55.7 Å². The number of ether oxygens (including phenoxy) is 2. The molecule has 0 aliphatic heterocycles. The molecule has 0 saturated heterocycles. The maximum atomic E-state index is 12.5. The molecule has 4 aromatic rings. The lowest BCUT2D eigenvalue weighted by atomic mass is 10.0. The standard InChI is InChI=1S/C31H35N3O4S/c1-5-37-28(35)27-16-9-7-12-24(27)21-39-29-33-25(17-18-32-30(36)38-31(2,3)4)20-34(29)19-23-14-10-13-22-11-6-8-15-26(22)23/h6-16,20H,5,17-19,21H2,1-4H3,(H,32,36). The van der Waals surface area contributed by atoms with Gasteiger partial charge in [0.05, 0.1) is 24.4 Å². The molecule has 0 aliphatic rings. The number of hydrogen-bond donors (Lipinski definition) is 1. The van der Waals surface area contributed by atoms with Crippen LogP contribution in [0, 0.1) is 0 Å². The zero-order chi connectivity index (χ0) is 27.8. The number of benzene rings is 3. The second-order valence-electron chi connectivity index (χ2n) is 10.1. The number of thioether (sulfide) groups is 1. The van der Waals surface area contributed by atoms with Crippen LogP contribution < -0.4 is 5.32 Å². The van der Waals surface area contributed by atoms with E-state index < -0.39 is 11.7 Å². The molecule has 1 N–H and O–H groups in total. The molecule has 4 rings (SSSR count). The summed E-state index contributed by atoms with van der Waals surface area (Å²) in [5.41, 5.74) is 2.98. The van der Waals surface area contributed by atoms with Crippen LogP contribution in [0.1, 0.15) is 54.9 Å². The molecule has 0 spiro atoms. The maximum absolute atomic E-state index is 12.5. The summed E-state index contributed by atoms with van der Waals surface area (Å²) in [5, 5.41) is 6.04. The summed E-state index contributed by atoms with van der Waals surface area (Å²) >= 11 is 1.57. The number of rotatable bonds is 10. The molecule has 0 fully saturated rings. The van der Waals surface area contributed by atoms with Gasteiger partial charge in [0.1, 0.15) is 5.60 Å². The average molecular weight is 546 g/mol. The van der Waals surface area contributed by atoms with Crippen molar-refractivity contribution in [3.05, 3.63) is 95.3 Å². The number of fused-ring (bicyclic) bond motifs is 1. The quantitative estimate of drug-likeness (QED) is 0.178. The van der Waals surface area contributed by atoms with E-state index >= 15 is 0 Å². The van der Waals surface area contributed by atoms with Gasteiger partial charge in [-0.3, -0.25) is 0 Å². The molecule has 204 valence electrons. The lowest BCUT2D eigenvalue weighted by Crippen LogP contribution is -2.33. The first kappa shape index (κ1) is 28.2. The van der Waals surface area contributed by atoms with E-state index in [1.165, 1.54) is 16.3 Å². The molecular weight excluding hydrogens is 510 g/mol. The first-order valence-corrected chi connectivity index (χ1v) is 14.1. The molecule has 0 unspecified atom stereocenters. The van der Waals surface area contributed by atoms with Crippen molar-refractivity contribution in [1.82, 2.24) is 14.9 Å². The van der Waals surface area contributed by atoms with E-state index in [1.54, 1.807) is 24.8 Å². The minimum absolute atomic E-state index is 0.318. The molecule has 39 heavy (non-hydrogen) atoms. The van der Waals surface area contributed by atoms with E-state index in [-0.39, 0.29) is 5.97 Å². The van der Waals surface area contributed by atoms with Crippen LogP contribution in [-0.2, 0) is 28.2 Å². The van der Waals surface area contributed by atoms with Crippen molar-refractivity contribution in [3.8, 4) is 0 Å². The van der Waals surface area contributed by atoms with Crippen LogP contribution in [0.25, 0.3) is 10.8 Å². The third-order valence-corrected chi connectivity index (χ3v) is 6.97. The van der Waals surface area contributed by atoms with E-state index in [0.29, 0.717) is 37.4 Å². The van der Waals surface area contributed by atoms with E-state index in [2.05, 4.69) is 46.3 Å². The third kappa shape index (κ3) is 7.86. The predicted octanol–water partition coefficient (Wildman–Crippen LogP) is 6.62. The molecular formula is C31H35N3O4S. The first-order chi connectivity index (χ1) is 18.7. The number of amides is 1. The number of imidazole rings is 1. The summed E-state index contributed by atoms with van der Waals surface area (Å²) in [6, 6.07) is 22.2. The summed E-state index contributed by atoms with van der Waals surface area (Å²) in [7, 11) is 0. The summed E-state index contributed by atoms with van der Waals surface area (Å²) in [6.07, 6.45) is 2.16. The topological polar surface area (TPSA) is 82.4 Å². The van der Waals surface area contributed by atoms with Crippen LogP contribution in [0.15, 0.2) is 78.1 Å². The normalized spacial score (nSPS) is 11.4. The van der Waals surface area contributed by atoms with Crippen LogP contribution in [0.3, 0.4) is 0 Å². The van der Waals surface area contributed by atoms with Gasteiger partial charge < -0.3 is 19.4 Å². The first-order valence-electron chi connectivity index (χ1n) is 13.1. The SMILES string of the molecule is CCOC(=O)c1ccccc1CSc1nc(CCNC(=O)OC(C)(C)C)cn1Cc1cccc2ccccc12. The Morgan fingerprint density at radius 1 is 0.974 bits per heavy atom. The van der Waals surface area contributed by atoms with E-state index in [1.807, 2.05) is 51.2 Å². The molecule has 0 aliphatic carbocycles. The highest BCUT2D eigenvalue weighted by molar-refractivity contribution is 7.98. The molecule has 7 nitrogen and oxygen atoms in total. The van der Waals surface area contributed by atoms with Gasteiger partial charge in [0.2, 0.25) is 0 Å². The molecule has 8 heteroatoms. The van der Waals surface area contributed by atoms with Crippen molar-refractivity contribution in [3.63, 3.8) is 0 Å². The van der Waals surface area contributed by atoms with Gasteiger partial charge in [-0.2, -0.15) is 0 Å². The van der Waals surface area contributed by atoms with Gasteiger partial charge in [0, 0.05) is 24.9 Å². The largest absolute Gasteiger partial charge is 0.462 e. The van der Waals surface area contributed by atoms with E-state index in [0.717, 1.165) is 16.4 Å². The van der Waals surface area contributed by atoms with Crippen LogP contribution in [0.2, 0.25) is 0 Å². The fraction of sp³-hybridized carbons (Fsp3) is 0.323. The van der Waals surface area contributed by atoms with Crippen LogP contribution in [0.5, 0.6) is 0 Å². The molecule has 0 atom stereocenters. The Bertz CT molecular complexity index is 1440. The average Bonchev–Trinajstić information content (AvgIpc) is 3.28. The fourth-order valence-electron chi connectivity index (χ4n) is 4.22. The number of nitrogens with one attached hydrogen (secondary N) is 1. The summed E-state index contributed by atoms with van der Waals surface area (Å²) in [6.45, 7) is 8.71. The molecule has 1 aromatic heterocycles. The van der Waals surface area contributed by atoms with Crippen LogP contribution >= 0.6 is 11.8 Å². The predicted molar refractivity (Wildman–Crippen MR) is 155 cm³/mol. The summed E-state index contributed by atoms with van der Waals surface area (Å²) in [4.78, 5) is 29.5. The molecule has 0 radical (unpaired) electrons. The second kappa shape index (κ2) is 12.8. The molecule has 0 bridgehead atoms. The van der Waals surface area contributed by atoms with E-state index in [4.69, 9.17) is 14.5 Å². The highest BCUT2D eigenvalue weighted by Crippen LogP contribution is 2.27. The Balaban J connectivity index is 1.55. The Morgan fingerprint density at radius 3 is 2.49 bits per heavy atom. The van der Waals surface area contributed by atoms with Crippen molar-refractivity contribution in [2.24, 2.45) is 0 Å². The molecule has 3 aromatic carbocycles. The smallest absolute Gasteiger partial charge is 0.407 e. The van der Waals surface area contributed by atoms with E-state index in [9.17, 15) is 9.59 Å². The zero-order valence-corrected chi connectivity index (χ0v) is 23.7. The number of nitrogens with zero attached hydrogens (tertiary/aromatic N) is 2. The minimum Gasteiger partial charge on any atom is -0.462 e. The monoisotopic (exact) mass is 545 g/mol. The highest BCUT2D eigenvalue weighted by Gasteiger charge is 2.17. The number of hydrogen-bond acceptors (Lipinski definition) is 6. The number of carbonyl (C=O) groups is 2. The number of alkyl carbamates (subject to hydrolysis) is 1. The Kier molecular flexibility index (Phi) is 9.30. The van der Waals surface area contributed by atoms with Gasteiger partial charge in [-0.15, -0.1) is 0 Å². The third-order valence-electron chi connectivity index (χ3n) is 5.93. The molecule has 1 heterocycles. The van der Waals surface area contributed by atoms with Gasteiger partial charge >= 0.3 is 12.1 Å². The van der Waals surface area contributed by atoms with Crippen molar-refractivity contribution in [1.29, 1.82) is 0 Å². The Labute approximate surface area is 233 Å². The number of carbonyl (C=O) groups excluding carboxylic acids is 2. The second-order valence-corrected chi connectivity index (χ2v) is 11.1. The molecule has 1 amide bonds. The summed E-state index contributed by atoms with van der Waals surface area (Å²) in [5.74, 6) is 0.249. The molecule has 0 saturated carbocycles. The fourth-order valence-corrected chi connectivity index (χ4v) is 5.22. The summed E-state index contributed by atoms with van der Waals surface area (Å²) < 4.78 is 12.7. The van der Waals surface area contributed by atoms with Crippen molar-refractivity contribution >= 4 is 34.6 Å². The van der Waals surface area contributed by atoms with Gasteiger partial charge in [-0.25, -0.2) is 14.6 Å². The van der Waals surface area contributed by atoms with Crippen molar-refractivity contribution in [2.75, 3.05) is 13.2 Å². The van der Waals surface area contributed by atoms with Gasteiger partial charge in [-0.1, -0.05) is 72.4 Å². The highest BCUT2D eigenvalue weighted by atomic mass is 32.2. The minimum atomic E-state index is -0.548.